The van der Waals surface area contributed by atoms with Gasteiger partial charge < -0.3 is 9.64 Å². The van der Waals surface area contributed by atoms with E-state index in [0.29, 0.717) is 24.5 Å². The standard InChI is InChI=1S/C25H22N2O2/c1-19-23(21-8-3-2-4-9-21)10-5-11-24(19)27-14-12-25(22(16-27)17-28)29-18-20-7-6-13-26-15-20/h2-13,15-17H,14,18H2,1H3. The Morgan fingerprint density at radius 1 is 1.07 bits per heavy atom. The topological polar surface area (TPSA) is 42.4 Å². The van der Waals surface area contributed by atoms with E-state index in [1.54, 1.807) is 12.4 Å². The van der Waals surface area contributed by atoms with Crippen LogP contribution in [0.2, 0.25) is 0 Å². The minimum atomic E-state index is 0.382. The summed E-state index contributed by atoms with van der Waals surface area (Å²) in [7, 11) is 0. The first-order chi connectivity index (χ1) is 14.3. The summed E-state index contributed by atoms with van der Waals surface area (Å²) in [4.78, 5) is 17.9. The van der Waals surface area contributed by atoms with Crippen LogP contribution in [0, 0.1) is 6.92 Å². The molecule has 1 aliphatic rings. The third-order valence-electron chi connectivity index (χ3n) is 5.00. The van der Waals surface area contributed by atoms with Crippen molar-refractivity contribution >= 4 is 12.0 Å². The van der Waals surface area contributed by atoms with Gasteiger partial charge in [-0.3, -0.25) is 9.78 Å². The number of hydrogen-bond acceptors (Lipinski definition) is 4. The number of carbonyl (C=O) groups excluding carboxylic acids is 1. The summed E-state index contributed by atoms with van der Waals surface area (Å²) < 4.78 is 5.87. The van der Waals surface area contributed by atoms with Crippen LogP contribution in [0.5, 0.6) is 0 Å². The van der Waals surface area contributed by atoms with E-state index in [4.69, 9.17) is 4.74 Å². The molecule has 0 saturated heterocycles. The van der Waals surface area contributed by atoms with Crippen molar-refractivity contribution in [3.05, 3.63) is 108 Å². The van der Waals surface area contributed by atoms with Gasteiger partial charge in [0.15, 0.2) is 6.29 Å². The van der Waals surface area contributed by atoms with Gasteiger partial charge in [-0.1, -0.05) is 48.5 Å². The molecule has 1 aliphatic heterocycles. The molecule has 0 saturated carbocycles. The molecular formula is C25H22N2O2. The number of benzene rings is 2. The number of aromatic nitrogens is 1. The van der Waals surface area contributed by atoms with E-state index in [1.165, 1.54) is 16.7 Å². The Morgan fingerprint density at radius 2 is 1.93 bits per heavy atom. The highest BCUT2D eigenvalue weighted by atomic mass is 16.5. The van der Waals surface area contributed by atoms with E-state index in [2.05, 4.69) is 47.1 Å². The van der Waals surface area contributed by atoms with Crippen LogP contribution in [0.15, 0.2) is 96.7 Å². The zero-order chi connectivity index (χ0) is 20.1. The van der Waals surface area contributed by atoms with E-state index in [-0.39, 0.29) is 0 Å². The average molecular weight is 382 g/mol. The first kappa shape index (κ1) is 18.7. The molecule has 0 unspecified atom stereocenters. The summed E-state index contributed by atoms with van der Waals surface area (Å²) in [6, 6.07) is 20.4. The van der Waals surface area contributed by atoms with Gasteiger partial charge in [0.05, 0.1) is 5.57 Å². The molecule has 0 bridgehead atoms. The molecule has 0 fully saturated rings. The number of anilines is 1. The molecule has 2 aromatic carbocycles. The second kappa shape index (κ2) is 8.57. The molecular weight excluding hydrogens is 360 g/mol. The van der Waals surface area contributed by atoms with Crippen molar-refractivity contribution < 1.29 is 9.53 Å². The number of aldehydes is 1. The Kier molecular flexibility index (Phi) is 5.52. The minimum Gasteiger partial charge on any atom is -0.488 e. The van der Waals surface area contributed by atoms with Crippen LogP contribution in [0.4, 0.5) is 5.69 Å². The Bertz CT molecular complexity index is 1060. The lowest BCUT2D eigenvalue weighted by Gasteiger charge is -2.27. The fourth-order valence-electron chi connectivity index (χ4n) is 3.49. The van der Waals surface area contributed by atoms with Crippen LogP contribution < -0.4 is 4.90 Å². The van der Waals surface area contributed by atoms with Gasteiger partial charge in [-0.05, 0) is 41.8 Å². The van der Waals surface area contributed by atoms with E-state index < -0.39 is 0 Å². The van der Waals surface area contributed by atoms with Gasteiger partial charge in [0.2, 0.25) is 0 Å². The molecule has 4 heteroatoms. The molecule has 0 N–H and O–H groups in total. The van der Waals surface area contributed by atoms with Gasteiger partial charge in [-0.2, -0.15) is 0 Å². The van der Waals surface area contributed by atoms with Gasteiger partial charge in [0.1, 0.15) is 12.4 Å². The Hall–Kier alpha value is -3.66. The maximum absolute atomic E-state index is 11.7. The molecule has 3 aromatic rings. The fourth-order valence-corrected chi connectivity index (χ4v) is 3.49. The van der Waals surface area contributed by atoms with E-state index in [9.17, 15) is 4.79 Å². The Labute approximate surface area is 170 Å². The molecule has 4 rings (SSSR count). The van der Waals surface area contributed by atoms with Crippen molar-refractivity contribution in [3.8, 4) is 11.1 Å². The van der Waals surface area contributed by atoms with Crippen LogP contribution in [-0.2, 0) is 16.1 Å². The average Bonchev–Trinajstić information content (AvgIpc) is 2.79. The van der Waals surface area contributed by atoms with Crippen molar-refractivity contribution in [1.29, 1.82) is 0 Å². The molecule has 0 spiro atoms. The second-order valence-corrected chi connectivity index (χ2v) is 6.89. The van der Waals surface area contributed by atoms with Crippen molar-refractivity contribution in [2.45, 2.75) is 13.5 Å². The third kappa shape index (κ3) is 4.11. The van der Waals surface area contributed by atoms with Gasteiger partial charge in [0, 0.05) is 36.4 Å². The SMILES string of the molecule is Cc1c(-c2ccccc2)cccc1N1C=C(C=O)C(OCc2cccnc2)=CC1. The largest absolute Gasteiger partial charge is 0.488 e. The van der Waals surface area contributed by atoms with Gasteiger partial charge in [-0.25, -0.2) is 0 Å². The summed E-state index contributed by atoms with van der Waals surface area (Å²) in [6.45, 7) is 3.14. The fraction of sp³-hybridized carbons (Fsp3) is 0.120. The number of nitrogens with zero attached hydrogens (tertiary/aromatic N) is 2. The number of hydrogen-bond donors (Lipinski definition) is 0. The van der Waals surface area contributed by atoms with Gasteiger partial charge >= 0.3 is 0 Å². The summed E-state index contributed by atoms with van der Waals surface area (Å²) in [5, 5.41) is 0. The molecule has 29 heavy (non-hydrogen) atoms. The smallest absolute Gasteiger partial charge is 0.155 e. The van der Waals surface area contributed by atoms with Crippen molar-refractivity contribution in [2.75, 3.05) is 11.4 Å². The number of rotatable bonds is 6. The lowest BCUT2D eigenvalue weighted by atomic mass is 9.98. The summed E-state index contributed by atoms with van der Waals surface area (Å²) >= 11 is 0. The zero-order valence-corrected chi connectivity index (χ0v) is 16.3. The summed E-state index contributed by atoms with van der Waals surface area (Å²) in [6.07, 6.45) is 8.15. The second-order valence-electron chi connectivity index (χ2n) is 6.89. The Morgan fingerprint density at radius 3 is 2.69 bits per heavy atom. The maximum atomic E-state index is 11.7. The molecule has 0 atom stereocenters. The van der Waals surface area contributed by atoms with Crippen molar-refractivity contribution in [3.63, 3.8) is 0 Å². The third-order valence-corrected chi connectivity index (χ3v) is 5.00. The van der Waals surface area contributed by atoms with Crippen LogP contribution in [0.1, 0.15) is 11.1 Å². The number of allylic oxidation sites excluding steroid dienone is 1. The van der Waals surface area contributed by atoms with Crippen LogP contribution in [0.25, 0.3) is 11.1 Å². The summed E-state index contributed by atoms with van der Waals surface area (Å²) in [5.74, 6) is 0.608. The normalized spacial score (nSPS) is 13.5. The minimum absolute atomic E-state index is 0.382. The maximum Gasteiger partial charge on any atom is 0.155 e. The molecule has 0 aliphatic carbocycles. The molecule has 0 radical (unpaired) electrons. The molecule has 1 aromatic heterocycles. The predicted octanol–water partition coefficient (Wildman–Crippen LogP) is 5.06. The van der Waals surface area contributed by atoms with Crippen LogP contribution in [-0.4, -0.2) is 17.8 Å². The number of pyridine rings is 1. The lowest BCUT2D eigenvalue weighted by Crippen LogP contribution is -2.23. The van der Waals surface area contributed by atoms with Crippen LogP contribution >= 0.6 is 0 Å². The quantitative estimate of drug-likeness (QED) is 0.559. The van der Waals surface area contributed by atoms with E-state index in [0.717, 1.165) is 17.5 Å². The molecule has 2 heterocycles. The van der Waals surface area contributed by atoms with Gasteiger partial charge in [0.25, 0.3) is 0 Å². The highest BCUT2D eigenvalue weighted by molar-refractivity contribution is 5.82. The number of carbonyl (C=O) groups is 1. The zero-order valence-electron chi connectivity index (χ0n) is 16.3. The van der Waals surface area contributed by atoms with Gasteiger partial charge in [-0.15, -0.1) is 0 Å². The Balaban J connectivity index is 1.56. The van der Waals surface area contributed by atoms with E-state index >= 15 is 0 Å². The predicted molar refractivity (Wildman–Crippen MR) is 115 cm³/mol. The van der Waals surface area contributed by atoms with Crippen molar-refractivity contribution in [2.24, 2.45) is 0 Å². The monoisotopic (exact) mass is 382 g/mol. The highest BCUT2D eigenvalue weighted by Gasteiger charge is 2.18. The molecule has 144 valence electrons. The molecule has 4 nitrogen and oxygen atoms in total. The first-order valence-corrected chi connectivity index (χ1v) is 9.57. The number of ether oxygens (including phenoxy) is 1. The molecule has 0 amide bonds. The first-order valence-electron chi connectivity index (χ1n) is 9.57. The van der Waals surface area contributed by atoms with Crippen molar-refractivity contribution in [1.82, 2.24) is 4.98 Å². The summed E-state index contributed by atoms with van der Waals surface area (Å²) in [5.41, 5.74) is 6.12. The van der Waals surface area contributed by atoms with Crippen LogP contribution in [0.3, 0.4) is 0 Å². The van der Waals surface area contributed by atoms with E-state index in [1.807, 2.05) is 42.6 Å². The lowest BCUT2D eigenvalue weighted by molar-refractivity contribution is -0.105. The highest BCUT2D eigenvalue weighted by Crippen LogP contribution is 2.32.